The van der Waals surface area contributed by atoms with Gasteiger partial charge in [-0.25, -0.2) is 0 Å². The van der Waals surface area contributed by atoms with Crippen LogP contribution in [-0.4, -0.2) is 31.8 Å². The number of allylic oxidation sites excluding steroid dienone is 2. The molecule has 0 atom stereocenters. The lowest BCUT2D eigenvalue weighted by molar-refractivity contribution is 0.499. The third-order valence-electron chi connectivity index (χ3n) is 3.65. The molecule has 2 aromatic carbocycles. The van der Waals surface area contributed by atoms with Gasteiger partial charge in [-0.3, -0.25) is 4.99 Å². The Morgan fingerprint density at radius 2 is 1.36 bits per heavy atom. The molecule has 0 N–H and O–H groups in total. The summed E-state index contributed by atoms with van der Waals surface area (Å²) < 4.78 is 0. The molecule has 114 valence electrons. The average molecular weight is 292 g/mol. The molecule has 0 aromatic heterocycles. The Bertz CT molecular complexity index is 625. The Balaban J connectivity index is 2.17. The zero-order valence-electron chi connectivity index (χ0n) is 13.7. The van der Waals surface area contributed by atoms with E-state index in [9.17, 15) is 0 Å². The first-order chi connectivity index (χ1) is 10.7. The molecule has 0 saturated heterocycles. The van der Waals surface area contributed by atoms with Gasteiger partial charge in [-0.1, -0.05) is 60.7 Å². The third-order valence-corrected chi connectivity index (χ3v) is 3.65. The average Bonchev–Trinajstić information content (AvgIpc) is 2.55. The number of hydrogen-bond donors (Lipinski definition) is 0. The SMILES string of the molecule is C/N=C(/C=C(/Cc1ccccc1)N(C)C)Cc1ccccc1. The number of likely N-dealkylation sites (N-methyl/N-ethyl adjacent to an activating group) is 1. The van der Waals surface area contributed by atoms with Gasteiger partial charge in [0.1, 0.15) is 0 Å². The van der Waals surface area contributed by atoms with Crippen LogP contribution in [0.3, 0.4) is 0 Å². The summed E-state index contributed by atoms with van der Waals surface area (Å²) in [4.78, 5) is 6.63. The molecule has 2 nitrogen and oxygen atoms in total. The molecule has 0 aliphatic heterocycles. The van der Waals surface area contributed by atoms with Crippen LogP contribution >= 0.6 is 0 Å². The van der Waals surface area contributed by atoms with Crippen LogP contribution in [0.4, 0.5) is 0 Å². The zero-order chi connectivity index (χ0) is 15.8. The second-order valence-corrected chi connectivity index (χ2v) is 5.57. The van der Waals surface area contributed by atoms with E-state index in [0.717, 1.165) is 18.6 Å². The van der Waals surface area contributed by atoms with E-state index in [-0.39, 0.29) is 0 Å². The second kappa shape index (κ2) is 8.18. The van der Waals surface area contributed by atoms with Crippen LogP contribution < -0.4 is 0 Å². The predicted molar refractivity (Wildman–Crippen MR) is 95.4 cm³/mol. The molecule has 0 bridgehead atoms. The quantitative estimate of drug-likeness (QED) is 0.735. The maximum atomic E-state index is 4.46. The minimum absolute atomic E-state index is 0.865. The van der Waals surface area contributed by atoms with E-state index >= 15 is 0 Å². The summed E-state index contributed by atoms with van der Waals surface area (Å²) in [5.41, 5.74) is 4.98. The number of hydrogen-bond acceptors (Lipinski definition) is 2. The van der Waals surface area contributed by atoms with Crippen LogP contribution in [0.5, 0.6) is 0 Å². The van der Waals surface area contributed by atoms with Crippen molar-refractivity contribution in [2.75, 3.05) is 21.1 Å². The van der Waals surface area contributed by atoms with E-state index in [0.29, 0.717) is 0 Å². The van der Waals surface area contributed by atoms with Crippen LogP contribution in [0, 0.1) is 0 Å². The van der Waals surface area contributed by atoms with Gasteiger partial charge in [0.15, 0.2) is 0 Å². The number of aliphatic imine (C=N–C) groups is 1. The summed E-state index contributed by atoms with van der Waals surface area (Å²) in [7, 11) is 6.04. The second-order valence-electron chi connectivity index (χ2n) is 5.57. The first-order valence-electron chi connectivity index (χ1n) is 7.60. The molecule has 2 heteroatoms. The Labute approximate surface area is 133 Å². The van der Waals surface area contributed by atoms with E-state index in [2.05, 4.69) is 84.7 Å². The molecule has 0 aliphatic carbocycles. The molecule has 2 aromatic rings. The fourth-order valence-corrected chi connectivity index (χ4v) is 2.34. The lowest BCUT2D eigenvalue weighted by atomic mass is 10.0. The predicted octanol–water partition coefficient (Wildman–Crippen LogP) is 3.99. The van der Waals surface area contributed by atoms with Gasteiger partial charge < -0.3 is 4.90 Å². The van der Waals surface area contributed by atoms with Crippen LogP contribution in [0.1, 0.15) is 11.1 Å². The van der Waals surface area contributed by atoms with Crippen molar-refractivity contribution in [2.45, 2.75) is 12.8 Å². The molecule has 0 fully saturated rings. The highest BCUT2D eigenvalue weighted by Crippen LogP contribution is 2.12. The van der Waals surface area contributed by atoms with Crippen LogP contribution in [0.15, 0.2) is 77.4 Å². The van der Waals surface area contributed by atoms with Gasteiger partial charge in [0, 0.05) is 45.4 Å². The van der Waals surface area contributed by atoms with E-state index in [1.165, 1.54) is 16.8 Å². The minimum Gasteiger partial charge on any atom is -0.381 e. The first kappa shape index (κ1) is 16.0. The topological polar surface area (TPSA) is 15.6 Å². The normalized spacial score (nSPS) is 12.3. The lowest BCUT2D eigenvalue weighted by Crippen LogP contribution is -2.15. The van der Waals surface area contributed by atoms with Crippen molar-refractivity contribution < 1.29 is 0 Å². The Morgan fingerprint density at radius 3 is 1.82 bits per heavy atom. The fourth-order valence-electron chi connectivity index (χ4n) is 2.34. The third kappa shape index (κ3) is 4.88. The maximum Gasteiger partial charge on any atom is 0.0406 e. The summed E-state index contributed by atoms with van der Waals surface area (Å²) in [6, 6.07) is 21.0. The first-order valence-corrected chi connectivity index (χ1v) is 7.60. The van der Waals surface area contributed by atoms with E-state index in [4.69, 9.17) is 0 Å². The van der Waals surface area contributed by atoms with Gasteiger partial charge in [-0.15, -0.1) is 0 Å². The molecular weight excluding hydrogens is 268 g/mol. The Kier molecular flexibility index (Phi) is 5.96. The molecule has 0 amide bonds. The van der Waals surface area contributed by atoms with Crippen molar-refractivity contribution in [1.29, 1.82) is 0 Å². The van der Waals surface area contributed by atoms with Crippen molar-refractivity contribution in [1.82, 2.24) is 4.90 Å². The molecule has 0 aliphatic rings. The molecule has 0 spiro atoms. The molecule has 2 rings (SSSR count). The van der Waals surface area contributed by atoms with Gasteiger partial charge >= 0.3 is 0 Å². The molecule has 0 unspecified atom stereocenters. The van der Waals surface area contributed by atoms with Gasteiger partial charge in [0.25, 0.3) is 0 Å². The molecule has 0 radical (unpaired) electrons. The highest BCUT2D eigenvalue weighted by molar-refractivity contribution is 5.97. The molecule has 0 saturated carbocycles. The zero-order valence-corrected chi connectivity index (χ0v) is 13.7. The maximum absolute atomic E-state index is 4.46. The van der Waals surface area contributed by atoms with Crippen molar-refractivity contribution in [3.8, 4) is 0 Å². The van der Waals surface area contributed by atoms with Gasteiger partial charge in [0.05, 0.1) is 0 Å². The molecule has 0 heterocycles. The van der Waals surface area contributed by atoms with Crippen LogP contribution in [0.2, 0.25) is 0 Å². The fraction of sp³-hybridized carbons (Fsp3) is 0.250. The smallest absolute Gasteiger partial charge is 0.0406 e. The largest absolute Gasteiger partial charge is 0.381 e. The van der Waals surface area contributed by atoms with Crippen molar-refractivity contribution in [2.24, 2.45) is 4.99 Å². The molecular formula is C20H24N2. The number of benzene rings is 2. The van der Waals surface area contributed by atoms with Crippen molar-refractivity contribution in [3.05, 3.63) is 83.6 Å². The monoisotopic (exact) mass is 292 g/mol. The highest BCUT2D eigenvalue weighted by Gasteiger charge is 2.05. The van der Waals surface area contributed by atoms with Crippen LogP contribution in [0.25, 0.3) is 0 Å². The van der Waals surface area contributed by atoms with Crippen LogP contribution in [-0.2, 0) is 12.8 Å². The van der Waals surface area contributed by atoms with Gasteiger partial charge in [-0.05, 0) is 17.2 Å². The van der Waals surface area contributed by atoms with Crippen molar-refractivity contribution >= 4 is 5.71 Å². The Morgan fingerprint density at radius 1 is 0.864 bits per heavy atom. The standard InChI is InChI=1S/C20H24N2/c1-21-19(14-17-10-6-4-7-11-17)16-20(22(2)3)15-18-12-8-5-9-13-18/h4-13,16H,14-15H2,1-3H3/b20-16-,21-19+. The summed E-state index contributed by atoms with van der Waals surface area (Å²) in [5, 5.41) is 0. The summed E-state index contributed by atoms with van der Waals surface area (Å²) in [5.74, 6) is 0. The van der Waals surface area contributed by atoms with Crippen molar-refractivity contribution in [3.63, 3.8) is 0 Å². The van der Waals surface area contributed by atoms with Gasteiger partial charge in [-0.2, -0.15) is 0 Å². The summed E-state index contributed by atoms with van der Waals surface area (Å²) in [6.45, 7) is 0. The van der Waals surface area contributed by atoms with E-state index in [1.54, 1.807) is 0 Å². The summed E-state index contributed by atoms with van der Waals surface area (Å²) in [6.07, 6.45) is 3.99. The number of rotatable bonds is 6. The van der Waals surface area contributed by atoms with E-state index < -0.39 is 0 Å². The minimum atomic E-state index is 0.865. The Hall–Kier alpha value is -2.35. The summed E-state index contributed by atoms with van der Waals surface area (Å²) >= 11 is 0. The van der Waals surface area contributed by atoms with Gasteiger partial charge in [0.2, 0.25) is 0 Å². The lowest BCUT2D eigenvalue weighted by Gasteiger charge is -2.18. The number of nitrogens with zero attached hydrogens (tertiary/aromatic N) is 2. The highest BCUT2D eigenvalue weighted by atomic mass is 15.1. The molecule has 22 heavy (non-hydrogen) atoms. The van der Waals surface area contributed by atoms with E-state index in [1.807, 2.05) is 13.1 Å².